The van der Waals surface area contributed by atoms with E-state index in [4.69, 9.17) is 5.73 Å². The fourth-order valence-corrected chi connectivity index (χ4v) is 3.99. The smallest absolute Gasteiger partial charge is 0.264 e. The third-order valence-electron chi connectivity index (χ3n) is 3.01. The number of thiophene rings is 1. The number of carbonyl (C=O) groups is 1. The first kappa shape index (κ1) is 14.4. The van der Waals surface area contributed by atoms with E-state index in [0.717, 1.165) is 35.0 Å². The van der Waals surface area contributed by atoms with Gasteiger partial charge in [0.15, 0.2) is 0 Å². The first-order chi connectivity index (χ1) is 9.24. The molecule has 1 aliphatic heterocycles. The second kappa shape index (κ2) is 6.99. The van der Waals surface area contributed by atoms with Crippen LogP contribution in [0.5, 0.6) is 0 Å². The van der Waals surface area contributed by atoms with Gasteiger partial charge in [0, 0.05) is 24.1 Å². The third kappa shape index (κ3) is 3.75. The van der Waals surface area contributed by atoms with Gasteiger partial charge in [-0.25, -0.2) is 0 Å². The van der Waals surface area contributed by atoms with Crippen molar-refractivity contribution in [1.29, 1.82) is 0 Å². The van der Waals surface area contributed by atoms with Crippen molar-refractivity contribution in [3.63, 3.8) is 0 Å². The highest BCUT2D eigenvalue weighted by Gasteiger charge is 2.24. The minimum absolute atomic E-state index is 0.143. The number of nitrogens with zero attached hydrogens (tertiary/aromatic N) is 1. The summed E-state index contributed by atoms with van der Waals surface area (Å²) >= 11 is 3.43. The highest BCUT2D eigenvalue weighted by molar-refractivity contribution is 8.00. The number of rotatable bonds is 2. The van der Waals surface area contributed by atoms with Crippen LogP contribution < -0.4 is 5.73 Å². The van der Waals surface area contributed by atoms with Crippen molar-refractivity contribution in [1.82, 2.24) is 4.90 Å². The Morgan fingerprint density at radius 1 is 1.58 bits per heavy atom. The van der Waals surface area contributed by atoms with Crippen molar-refractivity contribution in [2.24, 2.45) is 5.73 Å². The van der Waals surface area contributed by atoms with Gasteiger partial charge in [0.25, 0.3) is 5.91 Å². The Kier molecular flexibility index (Phi) is 5.32. The lowest BCUT2D eigenvalue weighted by molar-refractivity contribution is 0.0766. The maximum atomic E-state index is 12.4. The second-order valence-electron chi connectivity index (χ2n) is 4.32. The van der Waals surface area contributed by atoms with E-state index in [0.29, 0.717) is 11.8 Å². The summed E-state index contributed by atoms with van der Waals surface area (Å²) in [5.74, 6) is 6.96. The van der Waals surface area contributed by atoms with Crippen LogP contribution in [0.2, 0.25) is 0 Å². The monoisotopic (exact) mass is 294 g/mol. The van der Waals surface area contributed by atoms with Crippen LogP contribution in [0.3, 0.4) is 0 Å². The molecule has 1 atom stereocenters. The maximum Gasteiger partial charge on any atom is 0.264 e. The lowest BCUT2D eigenvalue weighted by atomic mass is 10.3. The molecule has 19 heavy (non-hydrogen) atoms. The van der Waals surface area contributed by atoms with E-state index in [1.165, 1.54) is 11.3 Å². The molecule has 0 saturated carbocycles. The molecule has 1 saturated heterocycles. The summed E-state index contributed by atoms with van der Waals surface area (Å²) < 4.78 is 0. The van der Waals surface area contributed by atoms with Crippen LogP contribution in [0.1, 0.15) is 27.9 Å². The fourth-order valence-electron chi connectivity index (χ4n) is 1.96. The quantitative estimate of drug-likeness (QED) is 0.849. The Morgan fingerprint density at radius 3 is 3.16 bits per heavy atom. The number of nitrogens with two attached hydrogens (primary N) is 1. The molecule has 1 fully saturated rings. The van der Waals surface area contributed by atoms with Crippen LogP contribution >= 0.6 is 23.1 Å². The minimum atomic E-state index is 0.143. The highest BCUT2D eigenvalue weighted by Crippen LogP contribution is 2.24. The molecule has 0 aromatic carbocycles. The molecule has 0 bridgehead atoms. The number of carbonyl (C=O) groups excluding carboxylic acids is 1. The molecule has 0 radical (unpaired) electrons. The Balaban J connectivity index is 2.04. The van der Waals surface area contributed by atoms with Gasteiger partial charge < -0.3 is 10.6 Å². The molecule has 2 rings (SSSR count). The van der Waals surface area contributed by atoms with Gasteiger partial charge in [-0.05, 0) is 18.6 Å². The van der Waals surface area contributed by atoms with Crippen molar-refractivity contribution >= 4 is 29.0 Å². The number of thioether (sulfide) groups is 1. The van der Waals surface area contributed by atoms with Gasteiger partial charge in [-0.3, -0.25) is 4.79 Å². The molecule has 1 amide bonds. The van der Waals surface area contributed by atoms with Crippen LogP contribution in [0.15, 0.2) is 12.1 Å². The average molecular weight is 294 g/mol. The number of amides is 1. The van der Waals surface area contributed by atoms with Crippen molar-refractivity contribution in [3.05, 3.63) is 21.9 Å². The molecule has 2 N–H and O–H groups in total. The van der Waals surface area contributed by atoms with E-state index in [1.807, 2.05) is 28.8 Å². The molecule has 1 aromatic heterocycles. The number of hydrogen-bond acceptors (Lipinski definition) is 4. The van der Waals surface area contributed by atoms with E-state index in [2.05, 4.69) is 18.8 Å². The van der Waals surface area contributed by atoms with E-state index < -0.39 is 0 Å². The normalized spacial score (nSPS) is 18.8. The SMILES string of the molecule is CCC1CN(C(=O)c2ccc(C#CCN)s2)CCS1. The first-order valence-corrected chi connectivity index (χ1v) is 8.30. The van der Waals surface area contributed by atoms with Crippen molar-refractivity contribution in [3.8, 4) is 11.8 Å². The molecule has 0 spiro atoms. The van der Waals surface area contributed by atoms with Gasteiger partial charge in [0.05, 0.1) is 16.3 Å². The van der Waals surface area contributed by atoms with Crippen molar-refractivity contribution in [2.45, 2.75) is 18.6 Å². The van der Waals surface area contributed by atoms with Gasteiger partial charge in [0.2, 0.25) is 0 Å². The zero-order chi connectivity index (χ0) is 13.7. The summed E-state index contributed by atoms with van der Waals surface area (Å²) in [5.41, 5.74) is 5.34. The summed E-state index contributed by atoms with van der Waals surface area (Å²) in [6, 6.07) is 3.77. The standard InChI is InChI=1S/C14H18N2OS2/c1-2-11-10-16(8-9-18-11)14(17)13-6-5-12(19-13)4-3-7-15/h5-6,11H,2,7-10,15H2,1H3. The molecule has 102 valence electrons. The Hall–Kier alpha value is -0.960. The van der Waals surface area contributed by atoms with E-state index in [9.17, 15) is 4.79 Å². The molecule has 3 nitrogen and oxygen atoms in total. The Bertz CT molecular complexity index is 501. The fraction of sp³-hybridized carbons (Fsp3) is 0.500. The maximum absolute atomic E-state index is 12.4. The van der Waals surface area contributed by atoms with Crippen LogP contribution in [-0.2, 0) is 0 Å². The van der Waals surface area contributed by atoms with Crippen molar-refractivity contribution in [2.75, 3.05) is 25.4 Å². The topological polar surface area (TPSA) is 46.3 Å². The van der Waals surface area contributed by atoms with Crippen LogP contribution in [-0.4, -0.2) is 41.4 Å². The molecule has 5 heteroatoms. The molecule has 1 unspecified atom stereocenters. The zero-order valence-corrected chi connectivity index (χ0v) is 12.6. The van der Waals surface area contributed by atoms with Gasteiger partial charge >= 0.3 is 0 Å². The summed E-state index contributed by atoms with van der Waals surface area (Å²) in [4.78, 5) is 16.1. The molecule has 0 aliphatic carbocycles. The predicted molar refractivity (Wildman–Crippen MR) is 82.7 cm³/mol. The summed E-state index contributed by atoms with van der Waals surface area (Å²) in [6.45, 7) is 4.24. The lowest BCUT2D eigenvalue weighted by Gasteiger charge is -2.31. The van der Waals surface area contributed by atoms with E-state index in [1.54, 1.807) is 0 Å². The molecular formula is C14H18N2OS2. The summed E-state index contributed by atoms with van der Waals surface area (Å²) in [6.07, 6.45) is 1.12. The van der Waals surface area contributed by atoms with Crippen molar-refractivity contribution < 1.29 is 4.79 Å². The third-order valence-corrected chi connectivity index (χ3v) is 5.37. The zero-order valence-electron chi connectivity index (χ0n) is 11.0. The highest BCUT2D eigenvalue weighted by atomic mass is 32.2. The van der Waals surface area contributed by atoms with Gasteiger partial charge in [-0.1, -0.05) is 18.8 Å². The van der Waals surface area contributed by atoms with Gasteiger partial charge in [0.1, 0.15) is 0 Å². The van der Waals surface area contributed by atoms with E-state index >= 15 is 0 Å². The Morgan fingerprint density at radius 2 is 2.42 bits per heavy atom. The van der Waals surface area contributed by atoms with Gasteiger partial charge in [-0.2, -0.15) is 11.8 Å². The molecule has 2 heterocycles. The summed E-state index contributed by atoms with van der Waals surface area (Å²) in [5, 5.41) is 0.578. The van der Waals surface area contributed by atoms with E-state index in [-0.39, 0.29) is 5.91 Å². The molecular weight excluding hydrogens is 276 g/mol. The number of hydrogen-bond donors (Lipinski definition) is 1. The second-order valence-corrected chi connectivity index (χ2v) is 6.81. The first-order valence-electron chi connectivity index (χ1n) is 6.44. The van der Waals surface area contributed by atoms with Crippen LogP contribution in [0.4, 0.5) is 0 Å². The van der Waals surface area contributed by atoms with Crippen LogP contribution in [0.25, 0.3) is 0 Å². The Labute approximate surface area is 122 Å². The lowest BCUT2D eigenvalue weighted by Crippen LogP contribution is -2.41. The molecule has 1 aliphatic rings. The minimum Gasteiger partial charge on any atom is -0.336 e. The largest absolute Gasteiger partial charge is 0.336 e. The molecule has 1 aromatic rings. The summed E-state index contributed by atoms with van der Waals surface area (Å²) in [7, 11) is 0. The predicted octanol–water partition coefficient (Wildman–Crippen LogP) is 2.03. The van der Waals surface area contributed by atoms with Gasteiger partial charge in [-0.15, -0.1) is 11.3 Å². The van der Waals surface area contributed by atoms with Crippen LogP contribution in [0, 0.1) is 11.8 Å². The average Bonchev–Trinajstić information content (AvgIpc) is 2.93.